The van der Waals surface area contributed by atoms with Crippen LogP contribution in [0.25, 0.3) is 0 Å². The van der Waals surface area contributed by atoms with Gasteiger partial charge in [-0.2, -0.15) is 0 Å². The van der Waals surface area contributed by atoms with Gasteiger partial charge in [0.1, 0.15) is 11.9 Å². The average molecular weight is 196 g/mol. The second-order valence-electron chi connectivity index (χ2n) is 3.48. The molecule has 14 heavy (non-hydrogen) atoms. The summed E-state index contributed by atoms with van der Waals surface area (Å²) in [6.45, 7) is 3.02. The van der Waals surface area contributed by atoms with E-state index >= 15 is 0 Å². The summed E-state index contributed by atoms with van der Waals surface area (Å²) in [6.07, 6.45) is 0.261. The maximum absolute atomic E-state index is 13.1. The van der Waals surface area contributed by atoms with Crippen molar-refractivity contribution in [1.82, 2.24) is 0 Å². The molecule has 0 bridgehead atoms. The lowest BCUT2D eigenvalue weighted by molar-refractivity contribution is 0.0326. The third kappa shape index (κ3) is 2.30. The molecule has 1 heterocycles. The van der Waals surface area contributed by atoms with Crippen LogP contribution in [0.3, 0.4) is 0 Å². The summed E-state index contributed by atoms with van der Waals surface area (Å²) in [7, 11) is 0. The molecule has 76 valence electrons. The van der Waals surface area contributed by atoms with E-state index in [4.69, 9.17) is 9.47 Å². The molecule has 1 aliphatic heterocycles. The molecule has 1 saturated heterocycles. The minimum absolute atomic E-state index is 0.0506. The highest BCUT2D eigenvalue weighted by Gasteiger charge is 2.30. The van der Waals surface area contributed by atoms with Gasteiger partial charge in [-0.15, -0.1) is 0 Å². The molecule has 2 atom stereocenters. The first-order valence-corrected chi connectivity index (χ1v) is 4.74. The van der Waals surface area contributed by atoms with Crippen LogP contribution in [0, 0.1) is 5.82 Å². The van der Waals surface area contributed by atoms with Gasteiger partial charge in [-0.3, -0.25) is 0 Å². The number of hydrogen-bond acceptors (Lipinski definition) is 2. The van der Waals surface area contributed by atoms with Crippen molar-refractivity contribution in [2.45, 2.75) is 25.7 Å². The SMILES string of the molecule is C[C@@H](OCc1ccccc1F)[C@@H]1CO1. The molecular weight excluding hydrogens is 183 g/mol. The van der Waals surface area contributed by atoms with E-state index in [9.17, 15) is 4.39 Å². The molecule has 2 nitrogen and oxygen atoms in total. The molecule has 0 N–H and O–H groups in total. The second kappa shape index (κ2) is 4.07. The number of benzene rings is 1. The molecule has 0 aliphatic carbocycles. The van der Waals surface area contributed by atoms with E-state index in [1.54, 1.807) is 18.2 Å². The first-order chi connectivity index (χ1) is 6.77. The standard InChI is InChI=1S/C11H13FO2/c1-8(11-7-14-11)13-6-9-4-2-3-5-10(9)12/h2-5,8,11H,6-7H2,1H3/t8-,11+/m1/s1. The Morgan fingerprint density at radius 3 is 2.93 bits per heavy atom. The molecule has 1 fully saturated rings. The van der Waals surface area contributed by atoms with Gasteiger partial charge in [0.2, 0.25) is 0 Å². The van der Waals surface area contributed by atoms with Gasteiger partial charge in [0.25, 0.3) is 0 Å². The molecule has 0 unspecified atom stereocenters. The van der Waals surface area contributed by atoms with E-state index in [0.717, 1.165) is 6.61 Å². The summed E-state index contributed by atoms with van der Waals surface area (Å²) < 4.78 is 23.7. The van der Waals surface area contributed by atoms with Crippen molar-refractivity contribution >= 4 is 0 Å². The van der Waals surface area contributed by atoms with Crippen molar-refractivity contribution in [3.8, 4) is 0 Å². The fraction of sp³-hybridized carbons (Fsp3) is 0.455. The quantitative estimate of drug-likeness (QED) is 0.688. The first-order valence-electron chi connectivity index (χ1n) is 4.74. The molecule has 1 aliphatic rings. The molecular formula is C11H13FO2. The molecule has 1 aromatic rings. The van der Waals surface area contributed by atoms with Crippen LogP contribution in [-0.2, 0) is 16.1 Å². The van der Waals surface area contributed by atoms with Crippen LogP contribution in [-0.4, -0.2) is 18.8 Å². The van der Waals surface area contributed by atoms with Crippen LogP contribution in [0.15, 0.2) is 24.3 Å². The molecule has 3 heteroatoms. The molecule has 0 aromatic heterocycles. The van der Waals surface area contributed by atoms with Crippen molar-refractivity contribution in [3.63, 3.8) is 0 Å². The zero-order chi connectivity index (χ0) is 9.97. The molecule has 0 spiro atoms. The van der Waals surface area contributed by atoms with E-state index in [-0.39, 0.29) is 18.0 Å². The fourth-order valence-corrected chi connectivity index (χ4v) is 1.27. The van der Waals surface area contributed by atoms with Crippen LogP contribution in [0.2, 0.25) is 0 Å². The Morgan fingerprint density at radius 2 is 2.29 bits per heavy atom. The smallest absolute Gasteiger partial charge is 0.128 e. The summed E-state index contributed by atoms with van der Waals surface area (Å²) >= 11 is 0. The van der Waals surface area contributed by atoms with Gasteiger partial charge in [-0.25, -0.2) is 4.39 Å². The lowest BCUT2D eigenvalue weighted by Gasteiger charge is -2.10. The Morgan fingerprint density at radius 1 is 1.57 bits per heavy atom. The van der Waals surface area contributed by atoms with Crippen molar-refractivity contribution in [3.05, 3.63) is 35.6 Å². The Kier molecular flexibility index (Phi) is 2.79. The first kappa shape index (κ1) is 9.62. The van der Waals surface area contributed by atoms with Crippen LogP contribution < -0.4 is 0 Å². The van der Waals surface area contributed by atoms with Crippen LogP contribution in [0.1, 0.15) is 12.5 Å². The molecule has 2 rings (SSSR count). The number of rotatable bonds is 4. The summed E-state index contributed by atoms with van der Waals surface area (Å²) in [5.41, 5.74) is 0.597. The molecule has 0 amide bonds. The Hall–Kier alpha value is -0.930. The molecule has 1 aromatic carbocycles. The van der Waals surface area contributed by atoms with Crippen LogP contribution in [0.4, 0.5) is 4.39 Å². The summed E-state index contributed by atoms with van der Waals surface area (Å²) in [4.78, 5) is 0. The minimum Gasteiger partial charge on any atom is -0.371 e. The number of ether oxygens (including phenoxy) is 2. The van der Waals surface area contributed by atoms with Gasteiger partial charge < -0.3 is 9.47 Å². The predicted molar refractivity (Wildman–Crippen MR) is 50.4 cm³/mol. The highest BCUT2D eigenvalue weighted by atomic mass is 19.1. The van der Waals surface area contributed by atoms with Gasteiger partial charge in [-0.1, -0.05) is 18.2 Å². The monoisotopic (exact) mass is 196 g/mol. The zero-order valence-corrected chi connectivity index (χ0v) is 8.07. The Labute approximate surface area is 82.6 Å². The largest absolute Gasteiger partial charge is 0.371 e. The molecule has 0 radical (unpaired) electrons. The van der Waals surface area contributed by atoms with Gasteiger partial charge in [0, 0.05) is 5.56 Å². The number of hydrogen-bond donors (Lipinski definition) is 0. The van der Waals surface area contributed by atoms with Crippen molar-refractivity contribution in [2.24, 2.45) is 0 Å². The predicted octanol–water partition coefficient (Wildman–Crippen LogP) is 2.13. The maximum Gasteiger partial charge on any atom is 0.128 e. The number of halogens is 1. The van der Waals surface area contributed by atoms with Crippen molar-refractivity contribution < 1.29 is 13.9 Å². The van der Waals surface area contributed by atoms with Gasteiger partial charge in [0.05, 0.1) is 19.3 Å². The van der Waals surface area contributed by atoms with Crippen molar-refractivity contribution in [1.29, 1.82) is 0 Å². The van der Waals surface area contributed by atoms with Gasteiger partial charge >= 0.3 is 0 Å². The van der Waals surface area contributed by atoms with E-state index in [2.05, 4.69) is 0 Å². The lowest BCUT2D eigenvalue weighted by atomic mass is 10.2. The second-order valence-corrected chi connectivity index (χ2v) is 3.48. The molecule has 0 saturated carbocycles. The zero-order valence-electron chi connectivity index (χ0n) is 8.07. The number of epoxide rings is 1. The van der Waals surface area contributed by atoms with Gasteiger partial charge in [0.15, 0.2) is 0 Å². The highest BCUT2D eigenvalue weighted by Crippen LogP contribution is 2.18. The van der Waals surface area contributed by atoms with Crippen LogP contribution in [0.5, 0.6) is 0 Å². The van der Waals surface area contributed by atoms with E-state index in [0.29, 0.717) is 12.2 Å². The third-order valence-electron chi connectivity index (χ3n) is 2.34. The summed E-state index contributed by atoms with van der Waals surface area (Å²) in [5, 5.41) is 0. The van der Waals surface area contributed by atoms with Crippen LogP contribution >= 0.6 is 0 Å². The highest BCUT2D eigenvalue weighted by molar-refractivity contribution is 5.16. The average Bonchev–Trinajstić information content (AvgIpc) is 2.99. The summed E-state index contributed by atoms with van der Waals surface area (Å²) in [5.74, 6) is -0.212. The lowest BCUT2D eigenvalue weighted by Crippen LogP contribution is -2.15. The van der Waals surface area contributed by atoms with E-state index < -0.39 is 0 Å². The normalized spacial score (nSPS) is 22.0. The van der Waals surface area contributed by atoms with E-state index in [1.807, 2.05) is 6.92 Å². The fourth-order valence-electron chi connectivity index (χ4n) is 1.27. The van der Waals surface area contributed by atoms with Crippen molar-refractivity contribution in [2.75, 3.05) is 6.61 Å². The topological polar surface area (TPSA) is 21.8 Å². The van der Waals surface area contributed by atoms with Gasteiger partial charge in [-0.05, 0) is 13.0 Å². The third-order valence-corrected chi connectivity index (χ3v) is 2.34. The maximum atomic E-state index is 13.1. The van der Waals surface area contributed by atoms with E-state index in [1.165, 1.54) is 6.07 Å². The minimum atomic E-state index is -0.212. The Bertz CT molecular complexity index is 310. The summed E-state index contributed by atoms with van der Waals surface area (Å²) in [6, 6.07) is 6.65. The Balaban J connectivity index is 1.87.